The predicted octanol–water partition coefficient (Wildman–Crippen LogP) is 5.16. The first-order valence-electron chi connectivity index (χ1n) is 9.46. The van der Waals surface area contributed by atoms with Crippen molar-refractivity contribution in [3.63, 3.8) is 0 Å². The van der Waals surface area contributed by atoms with Crippen molar-refractivity contribution < 1.29 is 9.59 Å². The molecule has 0 saturated carbocycles. The molecule has 0 aromatic heterocycles. The van der Waals surface area contributed by atoms with Gasteiger partial charge in [-0.2, -0.15) is 0 Å². The number of hydrogen-bond acceptors (Lipinski definition) is 4. The number of anilines is 1. The smallest absolute Gasteiger partial charge is 0.247 e. The third-order valence-electron chi connectivity index (χ3n) is 4.80. The van der Waals surface area contributed by atoms with E-state index in [2.05, 4.69) is 22.3 Å². The molecule has 1 amide bonds. The summed E-state index contributed by atoms with van der Waals surface area (Å²) in [6.07, 6.45) is 6.25. The number of Topliss-reactive ketones (excluding diaryl/α,β-unsaturated/α-hetero) is 1. The van der Waals surface area contributed by atoms with Crippen LogP contribution >= 0.6 is 11.8 Å². The molecule has 0 fully saturated rings. The lowest BCUT2D eigenvalue weighted by atomic mass is 10.0. The quantitative estimate of drug-likeness (QED) is 0.608. The second-order valence-electron chi connectivity index (χ2n) is 6.96. The Morgan fingerprint density at radius 2 is 1.93 bits per heavy atom. The van der Waals surface area contributed by atoms with Crippen LogP contribution in [-0.4, -0.2) is 28.5 Å². The highest BCUT2D eigenvalue weighted by Crippen LogP contribution is 2.24. The standard InChI is InChI=1S/C22H26N2O2S/c1-17(25)7-3-2-4-10-21(24-13-14-27-16-24)22(26)23-20-12-11-18-8-5-6-9-19(18)15-20/h5-6,8-9,11-15,21H,2-4,7,10,16H2,1H3,(H,23,26). The maximum Gasteiger partial charge on any atom is 0.247 e. The number of rotatable bonds is 9. The average Bonchev–Trinajstić information content (AvgIpc) is 3.18. The van der Waals surface area contributed by atoms with Crippen molar-refractivity contribution in [2.75, 3.05) is 11.2 Å². The van der Waals surface area contributed by atoms with Gasteiger partial charge < -0.3 is 15.0 Å². The molecule has 27 heavy (non-hydrogen) atoms. The molecule has 1 atom stereocenters. The number of nitrogens with zero attached hydrogens (tertiary/aromatic N) is 1. The highest BCUT2D eigenvalue weighted by atomic mass is 32.2. The van der Waals surface area contributed by atoms with E-state index < -0.39 is 0 Å². The third-order valence-corrected chi connectivity index (χ3v) is 5.56. The van der Waals surface area contributed by atoms with Crippen molar-refractivity contribution >= 4 is 39.9 Å². The monoisotopic (exact) mass is 382 g/mol. The van der Waals surface area contributed by atoms with Gasteiger partial charge in [0.15, 0.2) is 0 Å². The van der Waals surface area contributed by atoms with E-state index in [0.717, 1.165) is 48.0 Å². The van der Waals surface area contributed by atoms with E-state index in [1.807, 2.05) is 41.9 Å². The van der Waals surface area contributed by atoms with Gasteiger partial charge in [0.1, 0.15) is 11.8 Å². The molecule has 142 valence electrons. The van der Waals surface area contributed by atoms with Crippen molar-refractivity contribution in [3.05, 3.63) is 54.1 Å². The largest absolute Gasteiger partial charge is 0.356 e. The number of ketones is 1. The molecular formula is C22H26N2O2S. The predicted molar refractivity (Wildman–Crippen MR) is 114 cm³/mol. The van der Waals surface area contributed by atoms with E-state index in [1.165, 1.54) is 0 Å². The summed E-state index contributed by atoms with van der Waals surface area (Å²) in [7, 11) is 0. The lowest BCUT2D eigenvalue weighted by Crippen LogP contribution is -2.40. The minimum absolute atomic E-state index is 0.0315. The van der Waals surface area contributed by atoms with Gasteiger partial charge in [-0.25, -0.2) is 0 Å². The SMILES string of the molecule is CC(=O)CCCCCC(C(=O)Nc1ccc2ccccc2c1)N1C=CSC1. The van der Waals surface area contributed by atoms with Crippen LogP contribution in [0.5, 0.6) is 0 Å². The molecule has 1 aliphatic heterocycles. The van der Waals surface area contributed by atoms with Crippen LogP contribution < -0.4 is 5.32 Å². The van der Waals surface area contributed by atoms with E-state index in [9.17, 15) is 9.59 Å². The molecule has 3 rings (SSSR count). The molecule has 1 N–H and O–H groups in total. The number of hydrogen-bond donors (Lipinski definition) is 1. The minimum atomic E-state index is -0.181. The second-order valence-corrected chi connectivity index (χ2v) is 7.83. The Bertz CT molecular complexity index is 834. The molecular weight excluding hydrogens is 356 g/mol. The van der Waals surface area contributed by atoms with E-state index >= 15 is 0 Å². The summed E-state index contributed by atoms with van der Waals surface area (Å²) in [5.41, 5.74) is 0.830. The van der Waals surface area contributed by atoms with Crippen molar-refractivity contribution in [2.45, 2.75) is 45.1 Å². The van der Waals surface area contributed by atoms with Crippen molar-refractivity contribution in [1.29, 1.82) is 0 Å². The fourth-order valence-electron chi connectivity index (χ4n) is 3.32. The van der Waals surface area contributed by atoms with Gasteiger partial charge in [0.25, 0.3) is 0 Å². The number of benzene rings is 2. The molecule has 4 nitrogen and oxygen atoms in total. The summed E-state index contributed by atoms with van der Waals surface area (Å²) in [4.78, 5) is 26.1. The lowest BCUT2D eigenvalue weighted by Gasteiger charge is -2.26. The zero-order chi connectivity index (χ0) is 19.1. The molecule has 2 aromatic rings. The summed E-state index contributed by atoms with van der Waals surface area (Å²) in [5.74, 6) is 1.08. The highest BCUT2D eigenvalue weighted by Gasteiger charge is 2.25. The first-order chi connectivity index (χ1) is 13.1. The van der Waals surface area contributed by atoms with Gasteiger partial charge in [-0.05, 0) is 48.1 Å². The van der Waals surface area contributed by atoms with Gasteiger partial charge >= 0.3 is 0 Å². The van der Waals surface area contributed by atoms with Crippen molar-refractivity contribution in [1.82, 2.24) is 4.90 Å². The van der Waals surface area contributed by atoms with E-state index in [0.29, 0.717) is 6.42 Å². The summed E-state index contributed by atoms with van der Waals surface area (Å²) in [6, 6.07) is 14.0. The van der Waals surface area contributed by atoms with Crippen LogP contribution in [0.25, 0.3) is 10.8 Å². The van der Waals surface area contributed by atoms with E-state index in [-0.39, 0.29) is 17.7 Å². The first kappa shape index (κ1) is 19.5. The second kappa shape index (κ2) is 9.60. The van der Waals surface area contributed by atoms with Crippen LogP contribution in [-0.2, 0) is 9.59 Å². The Morgan fingerprint density at radius 3 is 2.67 bits per heavy atom. The molecule has 0 bridgehead atoms. The topological polar surface area (TPSA) is 49.4 Å². The summed E-state index contributed by atoms with van der Waals surface area (Å²) in [5, 5.41) is 7.41. The number of carbonyl (C=O) groups is 2. The van der Waals surface area contributed by atoms with Gasteiger partial charge in [0, 0.05) is 18.3 Å². The molecule has 1 heterocycles. The van der Waals surface area contributed by atoms with Gasteiger partial charge in [-0.3, -0.25) is 4.79 Å². The summed E-state index contributed by atoms with van der Waals surface area (Å²) < 4.78 is 0. The molecule has 0 aliphatic carbocycles. The Balaban J connectivity index is 1.62. The minimum Gasteiger partial charge on any atom is -0.356 e. The Morgan fingerprint density at radius 1 is 1.11 bits per heavy atom. The zero-order valence-corrected chi connectivity index (χ0v) is 16.5. The van der Waals surface area contributed by atoms with Crippen LogP contribution in [0.2, 0.25) is 0 Å². The maximum atomic E-state index is 13.0. The van der Waals surface area contributed by atoms with Gasteiger partial charge in [0.2, 0.25) is 5.91 Å². The van der Waals surface area contributed by atoms with Crippen LogP contribution in [0.4, 0.5) is 5.69 Å². The van der Waals surface area contributed by atoms with Gasteiger partial charge in [0.05, 0.1) is 5.88 Å². The third kappa shape index (κ3) is 5.60. The fourth-order valence-corrected chi connectivity index (χ4v) is 4.08. The number of amides is 1. The summed E-state index contributed by atoms with van der Waals surface area (Å²) >= 11 is 1.70. The Hall–Kier alpha value is -2.27. The molecule has 1 unspecified atom stereocenters. The molecule has 2 aromatic carbocycles. The van der Waals surface area contributed by atoms with Gasteiger partial charge in [-0.1, -0.05) is 43.2 Å². The lowest BCUT2D eigenvalue weighted by molar-refractivity contribution is -0.120. The van der Waals surface area contributed by atoms with Gasteiger partial charge in [-0.15, -0.1) is 11.8 Å². The number of thioether (sulfide) groups is 1. The van der Waals surface area contributed by atoms with Crippen molar-refractivity contribution in [2.24, 2.45) is 0 Å². The molecule has 0 saturated heterocycles. The fraction of sp³-hybridized carbons (Fsp3) is 0.364. The van der Waals surface area contributed by atoms with E-state index in [1.54, 1.807) is 18.7 Å². The van der Waals surface area contributed by atoms with Crippen LogP contribution in [0, 0.1) is 0 Å². The van der Waals surface area contributed by atoms with Crippen LogP contribution in [0.3, 0.4) is 0 Å². The first-order valence-corrected chi connectivity index (χ1v) is 10.5. The van der Waals surface area contributed by atoms with Crippen LogP contribution in [0.1, 0.15) is 39.0 Å². The average molecular weight is 383 g/mol. The number of nitrogens with one attached hydrogen (secondary N) is 1. The van der Waals surface area contributed by atoms with E-state index in [4.69, 9.17) is 0 Å². The summed E-state index contributed by atoms with van der Waals surface area (Å²) in [6.45, 7) is 1.63. The van der Waals surface area contributed by atoms with Crippen molar-refractivity contribution in [3.8, 4) is 0 Å². The zero-order valence-electron chi connectivity index (χ0n) is 15.7. The normalized spacial score (nSPS) is 14.5. The molecule has 0 spiro atoms. The maximum absolute atomic E-state index is 13.0. The number of carbonyl (C=O) groups excluding carboxylic acids is 2. The van der Waals surface area contributed by atoms with Crippen LogP contribution in [0.15, 0.2) is 54.1 Å². The number of unbranched alkanes of at least 4 members (excludes halogenated alkanes) is 2. The number of fused-ring (bicyclic) bond motifs is 1. The Labute approximate surface area is 165 Å². The Kier molecular flexibility index (Phi) is 6.93. The molecule has 1 aliphatic rings. The highest BCUT2D eigenvalue weighted by molar-refractivity contribution is 8.02. The molecule has 0 radical (unpaired) electrons. The molecule has 5 heteroatoms.